The van der Waals surface area contributed by atoms with Crippen molar-refractivity contribution in [2.75, 3.05) is 0 Å². The number of nitrogens with two attached hydrogens (primary N) is 1. The predicted molar refractivity (Wildman–Crippen MR) is 51.4 cm³/mol. The summed E-state index contributed by atoms with van der Waals surface area (Å²) in [6, 6.07) is 1.84. The van der Waals surface area contributed by atoms with Gasteiger partial charge in [0, 0.05) is 7.05 Å². The van der Waals surface area contributed by atoms with Crippen molar-refractivity contribution in [1.82, 2.24) is 14.8 Å². The van der Waals surface area contributed by atoms with Crippen molar-refractivity contribution in [3.05, 3.63) is 34.5 Å². The van der Waals surface area contributed by atoms with Gasteiger partial charge >= 0.3 is 0 Å². The Morgan fingerprint density at radius 1 is 1.62 bits per heavy atom. The largest absolute Gasteiger partial charge is 0.318 e. The normalized spacial score (nSPS) is 13.1. The Balaban J connectivity index is 2.33. The Labute approximate surface area is 80.0 Å². The minimum Gasteiger partial charge on any atom is -0.318 e. The monoisotopic (exact) mass is 194 g/mol. The van der Waals surface area contributed by atoms with E-state index < -0.39 is 0 Å². The lowest BCUT2D eigenvalue weighted by Crippen LogP contribution is -2.16. The van der Waals surface area contributed by atoms with Crippen molar-refractivity contribution < 1.29 is 0 Å². The van der Waals surface area contributed by atoms with E-state index in [1.54, 1.807) is 16.0 Å². The zero-order chi connectivity index (χ0) is 9.26. The van der Waals surface area contributed by atoms with Crippen LogP contribution in [0.25, 0.3) is 0 Å². The van der Waals surface area contributed by atoms with E-state index in [9.17, 15) is 0 Å². The first-order chi connectivity index (χ1) is 6.29. The Morgan fingerprint density at radius 2 is 2.46 bits per heavy atom. The maximum atomic E-state index is 5.99. The fourth-order valence-corrected chi connectivity index (χ4v) is 1.88. The third-order valence-corrected chi connectivity index (χ3v) is 2.63. The summed E-state index contributed by atoms with van der Waals surface area (Å²) >= 11 is 1.63. The summed E-state index contributed by atoms with van der Waals surface area (Å²) in [5, 5.41) is 8.01. The van der Waals surface area contributed by atoms with Crippen molar-refractivity contribution in [3.63, 3.8) is 0 Å². The summed E-state index contributed by atoms with van der Waals surface area (Å²) in [4.78, 5) is 4.10. The third kappa shape index (κ3) is 1.48. The molecule has 2 N–H and O–H groups in total. The molecule has 0 saturated heterocycles. The molecule has 0 fully saturated rings. The smallest absolute Gasteiger partial charge is 0.148 e. The molecule has 2 rings (SSSR count). The van der Waals surface area contributed by atoms with Gasteiger partial charge in [0.15, 0.2) is 0 Å². The van der Waals surface area contributed by atoms with Crippen LogP contribution < -0.4 is 5.73 Å². The zero-order valence-corrected chi connectivity index (χ0v) is 8.03. The fraction of sp³-hybridized carbons (Fsp3) is 0.250. The predicted octanol–water partition coefficient (Wildman–Crippen LogP) is 0.925. The molecule has 0 saturated carbocycles. The van der Waals surface area contributed by atoms with E-state index in [-0.39, 0.29) is 6.04 Å². The van der Waals surface area contributed by atoms with Crippen molar-refractivity contribution >= 4 is 11.3 Å². The van der Waals surface area contributed by atoms with Gasteiger partial charge in [0.25, 0.3) is 0 Å². The number of nitrogens with zero attached hydrogens (tertiary/aromatic N) is 3. The molecule has 4 nitrogen and oxygen atoms in total. The molecule has 2 aromatic rings. The van der Waals surface area contributed by atoms with Gasteiger partial charge < -0.3 is 5.73 Å². The lowest BCUT2D eigenvalue weighted by atomic mass is 10.1. The summed E-state index contributed by atoms with van der Waals surface area (Å²) in [6.45, 7) is 0. The van der Waals surface area contributed by atoms with Crippen molar-refractivity contribution in [2.24, 2.45) is 12.8 Å². The highest BCUT2D eigenvalue weighted by atomic mass is 32.1. The van der Waals surface area contributed by atoms with Crippen LogP contribution in [-0.4, -0.2) is 14.8 Å². The molecule has 0 radical (unpaired) electrons. The average Bonchev–Trinajstić information content (AvgIpc) is 2.72. The topological polar surface area (TPSA) is 56.7 Å². The SMILES string of the molecule is Cn1ncnc1C(N)c1ccsc1. The van der Waals surface area contributed by atoms with Gasteiger partial charge in [-0.05, 0) is 22.4 Å². The molecular formula is C8H10N4S. The highest BCUT2D eigenvalue weighted by Gasteiger charge is 2.13. The molecule has 0 aliphatic carbocycles. The van der Waals surface area contributed by atoms with Gasteiger partial charge in [-0.1, -0.05) is 0 Å². The summed E-state index contributed by atoms with van der Waals surface area (Å²) in [5.41, 5.74) is 7.07. The fourth-order valence-electron chi connectivity index (χ4n) is 1.19. The number of aromatic nitrogens is 3. The van der Waals surface area contributed by atoms with Crippen LogP contribution in [0.15, 0.2) is 23.2 Å². The Bertz CT molecular complexity index is 379. The van der Waals surface area contributed by atoms with Gasteiger partial charge in [0.2, 0.25) is 0 Å². The van der Waals surface area contributed by atoms with E-state index in [0.29, 0.717) is 0 Å². The molecule has 0 spiro atoms. The van der Waals surface area contributed by atoms with Gasteiger partial charge in [0.05, 0.1) is 6.04 Å². The number of aryl methyl sites for hydroxylation is 1. The van der Waals surface area contributed by atoms with E-state index in [1.807, 2.05) is 23.9 Å². The third-order valence-electron chi connectivity index (χ3n) is 1.93. The van der Waals surface area contributed by atoms with Gasteiger partial charge in [-0.25, -0.2) is 4.98 Å². The molecular weight excluding hydrogens is 184 g/mol. The minimum atomic E-state index is -0.168. The van der Waals surface area contributed by atoms with Crippen molar-refractivity contribution in [3.8, 4) is 0 Å². The van der Waals surface area contributed by atoms with Crippen LogP contribution in [-0.2, 0) is 7.05 Å². The molecule has 5 heteroatoms. The number of thiophene rings is 1. The number of hydrogen-bond acceptors (Lipinski definition) is 4. The maximum absolute atomic E-state index is 5.99. The number of rotatable bonds is 2. The molecule has 13 heavy (non-hydrogen) atoms. The van der Waals surface area contributed by atoms with Crippen LogP contribution in [0, 0.1) is 0 Å². The van der Waals surface area contributed by atoms with Gasteiger partial charge in [0.1, 0.15) is 12.2 Å². The van der Waals surface area contributed by atoms with Gasteiger partial charge in [-0.15, -0.1) is 0 Å². The Kier molecular flexibility index (Phi) is 2.12. The second-order valence-electron chi connectivity index (χ2n) is 2.78. The van der Waals surface area contributed by atoms with Crippen LogP contribution in [0.1, 0.15) is 17.4 Å². The molecule has 1 unspecified atom stereocenters. The van der Waals surface area contributed by atoms with Crippen LogP contribution in [0.3, 0.4) is 0 Å². The molecule has 2 heterocycles. The minimum absolute atomic E-state index is 0.168. The summed E-state index contributed by atoms with van der Waals surface area (Å²) in [7, 11) is 1.84. The summed E-state index contributed by atoms with van der Waals surface area (Å²) in [6.07, 6.45) is 1.52. The van der Waals surface area contributed by atoms with Crippen LogP contribution in [0.4, 0.5) is 0 Å². The van der Waals surface area contributed by atoms with E-state index in [0.717, 1.165) is 11.4 Å². The molecule has 0 amide bonds. The second kappa shape index (κ2) is 3.27. The van der Waals surface area contributed by atoms with E-state index in [1.165, 1.54) is 6.33 Å². The van der Waals surface area contributed by atoms with E-state index >= 15 is 0 Å². The van der Waals surface area contributed by atoms with Gasteiger partial charge in [-0.2, -0.15) is 16.4 Å². The highest BCUT2D eigenvalue weighted by molar-refractivity contribution is 7.07. The second-order valence-corrected chi connectivity index (χ2v) is 3.56. The first-order valence-corrected chi connectivity index (χ1v) is 4.85. The molecule has 0 aromatic carbocycles. The van der Waals surface area contributed by atoms with Crippen molar-refractivity contribution in [2.45, 2.75) is 6.04 Å². The average molecular weight is 194 g/mol. The number of hydrogen-bond donors (Lipinski definition) is 1. The summed E-state index contributed by atoms with van der Waals surface area (Å²) in [5.74, 6) is 0.790. The first kappa shape index (κ1) is 8.40. The lowest BCUT2D eigenvalue weighted by Gasteiger charge is -2.07. The molecule has 0 aliphatic heterocycles. The standard InChI is InChI=1S/C8H10N4S/c1-12-8(10-5-11-12)7(9)6-2-3-13-4-6/h2-5,7H,9H2,1H3. The first-order valence-electron chi connectivity index (χ1n) is 3.90. The van der Waals surface area contributed by atoms with Crippen molar-refractivity contribution in [1.29, 1.82) is 0 Å². The van der Waals surface area contributed by atoms with E-state index in [4.69, 9.17) is 5.73 Å². The zero-order valence-electron chi connectivity index (χ0n) is 7.21. The maximum Gasteiger partial charge on any atom is 0.148 e. The molecule has 1 atom stereocenters. The quantitative estimate of drug-likeness (QED) is 0.773. The van der Waals surface area contributed by atoms with E-state index in [2.05, 4.69) is 10.1 Å². The van der Waals surface area contributed by atoms with Gasteiger partial charge in [-0.3, -0.25) is 4.68 Å². The Hall–Kier alpha value is -1.20. The highest BCUT2D eigenvalue weighted by Crippen LogP contribution is 2.18. The Morgan fingerprint density at radius 3 is 3.00 bits per heavy atom. The molecule has 0 bridgehead atoms. The van der Waals surface area contributed by atoms with Crippen LogP contribution in [0.5, 0.6) is 0 Å². The summed E-state index contributed by atoms with van der Waals surface area (Å²) < 4.78 is 1.70. The van der Waals surface area contributed by atoms with Crippen LogP contribution in [0.2, 0.25) is 0 Å². The molecule has 68 valence electrons. The molecule has 0 aliphatic rings. The lowest BCUT2D eigenvalue weighted by molar-refractivity contribution is 0.660. The van der Waals surface area contributed by atoms with Crippen LogP contribution >= 0.6 is 11.3 Å². The molecule has 2 aromatic heterocycles.